The van der Waals surface area contributed by atoms with E-state index in [0.29, 0.717) is 34.4 Å². The molecule has 10 heteroatoms. The first-order chi connectivity index (χ1) is 20.3. The fraction of sp³-hybridized carbons (Fsp3) is 0.375. The minimum Gasteiger partial charge on any atom is -0.494 e. The molecule has 0 unspecified atom stereocenters. The summed E-state index contributed by atoms with van der Waals surface area (Å²) in [6.07, 6.45) is 4.33. The van der Waals surface area contributed by atoms with Crippen molar-refractivity contribution in [3.05, 3.63) is 75.7 Å². The molecule has 1 aliphatic carbocycles. The van der Waals surface area contributed by atoms with Crippen LogP contribution < -0.4 is 20.2 Å². The normalized spacial score (nSPS) is 15.0. The SMILES string of the molecule is CCCOc1ccc(/C=N\NC(=O)[C@H](C)Oc2ccc(C(=O)Nc3sc4c(c3C(=O)OCC)CC[C@H](C)C4)cc2)cc1. The molecule has 0 fully saturated rings. The van der Waals surface area contributed by atoms with E-state index in [4.69, 9.17) is 14.2 Å². The first kappa shape index (κ1) is 30.8. The number of anilines is 1. The second kappa shape index (κ2) is 14.6. The number of hydrogen-bond donors (Lipinski definition) is 2. The summed E-state index contributed by atoms with van der Waals surface area (Å²) in [7, 11) is 0. The van der Waals surface area contributed by atoms with Gasteiger partial charge in [-0.1, -0.05) is 13.8 Å². The lowest BCUT2D eigenvalue weighted by Gasteiger charge is -2.18. The van der Waals surface area contributed by atoms with Gasteiger partial charge in [0.25, 0.3) is 11.8 Å². The number of thiophene rings is 1. The molecule has 9 nitrogen and oxygen atoms in total. The topological polar surface area (TPSA) is 115 Å². The molecule has 2 aromatic carbocycles. The van der Waals surface area contributed by atoms with Gasteiger partial charge in [-0.25, -0.2) is 10.2 Å². The third-order valence-electron chi connectivity index (χ3n) is 6.76. The molecular weight excluding hydrogens is 554 g/mol. The number of nitrogens with one attached hydrogen (secondary N) is 2. The van der Waals surface area contributed by atoms with Crippen LogP contribution in [0.15, 0.2) is 53.6 Å². The summed E-state index contributed by atoms with van der Waals surface area (Å²) in [6, 6.07) is 13.9. The Labute approximate surface area is 250 Å². The molecule has 222 valence electrons. The predicted molar refractivity (Wildman–Crippen MR) is 164 cm³/mol. The van der Waals surface area contributed by atoms with E-state index in [9.17, 15) is 14.4 Å². The molecule has 0 aliphatic heterocycles. The Balaban J connectivity index is 1.33. The Morgan fingerprint density at radius 2 is 1.79 bits per heavy atom. The summed E-state index contributed by atoms with van der Waals surface area (Å²) >= 11 is 1.45. The van der Waals surface area contributed by atoms with Crippen LogP contribution >= 0.6 is 11.3 Å². The van der Waals surface area contributed by atoms with E-state index >= 15 is 0 Å². The molecule has 0 spiro atoms. The average molecular weight is 592 g/mol. The number of amides is 2. The van der Waals surface area contributed by atoms with Crippen LogP contribution in [0.25, 0.3) is 0 Å². The van der Waals surface area contributed by atoms with Crippen molar-refractivity contribution in [2.24, 2.45) is 11.0 Å². The summed E-state index contributed by atoms with van der Waals surface area (Å²) in [5.41, 5.74) is 5.14. The maximum Gasteiger partial charge on any atom is 0.341 e. The maximum atomic E-state index is 13.1. The third-order valence-corrected chi connectivity index (χ3v) is 7.93. The van der Waals surface area contributed by atoms with Crippen LogP contribution in [0.1, 0.15) is 77.3 Å². The van der Waals surface area contributed by atoms with Crippen LogP contribution in [0.3, 0.4) is 0 Å². The van der Waals surface area contributed by atoms with Crippen LogP contribution in [0.2, 0.25) is 0 Å². The molecular formula is C32H37N3O6S. The minimum absolute atomic E-state index is 0.264. The summed E-state index contributed by atoms with van der Waals surface area (Å²) in [4.78, 5) is 39.4. The molecule has 3 aromatic rings. The molecule has 2 amide bonds. The van der Waals surface area contributed by atoms with Gasteiger partial charge in [-0.3, -0.25) is 9.59 Å². The smallest absolute Gasteiger partial charge is 0.341 e. The van der Waals surface area contributed by atoms with Gasteiger partial charge in [0.2, 0.25) is 0 Å². The van der Waals surface area contributed by atoms with Crippen LogP contribution in [-0.2, 0) is 22.4 Å². The van der Waals surface area contributed by atoms with Gasteiger partial charge in [-0.2, -0.15) is 5.10 Å². The Morgan fingerprint density at radius 1 is 1.07 bits per heavy atom. The van der Waals surface area contributed by atoms with Crippen molar-refractivity contribution in [3.8, 4) is 11.5 Å². The number of carbonyl (C=O) groups is 3. The van der Waals surface area contributed by atoms with E-state index in [-0.39, 0.29) is 12.5 Å². The summed E-state index contributed by atoms with van der Waals surface area (Å²) in [5, 5.41) is 7.44. The van der Waals surface area contributed by atoms with Gasteiger partial charge in [0, 0.05) is 10.4 Å². The van der Waals surface area contributed by atoms with E-state index in [2.05, 4.69) is 22.8 Å². The summed E-state index contributed by atoms with van der Waals surface area (Å²) in [6.45, 7) is 8.54. The Hall–Kier alpha value is -4.18. The second-order valence-corrected chi connectivity index (χ2v) is 11.3. The van der Waals surface area contributed by atoms with Gasteiger partial charge in [0.1, 0.15) is 16.5 Å². The first-order valence-electron chi connectivity index (χ1n) is 14.2. The van der Waals surface area contributed by atoms with Crippen molar-refractivity contribution < 1.29 is 28.6 Å². The van der Waals surface area contributed by atoms with Gasteiger partial charge < -0.3 is 19.5 Å². The zero-order valence-corrected chi connectivity index (χ0v) is 25.2. The highest BCUT2D eigenvalue weighted by Crippen LogP contribution is 2.40. The second-order valence-electron chi connectivity index (χ2n) is 10.2. The highest BCUT2D eigenvalue weighted by molar-refractivity contribution is 7.17. The predicted octanol–water partition coefficient (Wildman–Crippen LogP) is 6.01. The van der Waals surface area contributed by atoms with E-state index in [1.807, 2.05) is 31.2 Å². The summed E-state index contributed by atoms with van der Waals surface area (Å²) < 4.78 is 16.6. The van der Waals surface area contributed by atoms with E-state index < -0.39 is 18.0 Å². The lowest BCUT2D eigenvalue weighted by atomic mass is 9.88. The number of nitrogens with zero attached hydrogens (tertiary/aromatic N) is 1. The lowest BCUT2D eigenvalue weighted by molar-refractivity contribution is -0.127. The number of carbonyl (C=O) groups excluding carboxylic acids is 3. The Kier molecular flexibility index (Phi) is 10.7. The van der Waals surface area contributed by atoms with E-state index in [1.165, 1.54) is 11.3 Å². The van der Waals surface area contributed by atoms with Crippen molar-refractivity contribution in [3.63, 3.8) is 0 Å². The highest BCUT2D eigenvalue weighted by atomic mass is 32.1. The molecule has 1 heterocycles. The third kappa shape index (κ3) is 7.97. The lowest BCUT2D eigenvalue weighted by Crippen LogP contribution is -2.33. The van der Waals surface area contributed by atoms with Gasteiger partial charge in [0.05, 0.1) is 25.0 Å². The molecule has 0 radical (unpaired) electrons. The maximum absolute atomic E-state index is 13.1. The number of ether oxygens (including phenoxy) is 3. The van der Waals surface area contributed by atoms with Crippen LogP contribution in [0, 0.1) is 5.92 Å². The molecule has 4 rings (SSSR count). The van der Waals surface area contributed by atoms with Crippen molar-refractivity contribution in [2.45, 2.75) is 59.5 Å². The zero-order chi connectivity index (χ0) is 30.1. The Morgan fingerprint density at radius 3 is 2.48 bits per heavy atom. The van der Waals surface area contributed by atoms with Crippen molar-refractivity contribution in [1.82, 2.24) is 5.43 Å². The number of benzene rings is 2. The zero-order valence-electron chi connectivity index (χ0n) is 24.4. The largest absolute Gasteiger partial charge is 0.494 e. The molecule has 1 aliphatic rings. The number of esters is 1. The summed E-state index contributed by atoms with van der Waals surface area (Å²) in [5.74, 6) is 0.567. The Bertz CT molecular complexity index is 1420. The van der Waals surface area contributed by atoms with Crippen LogP contribution in [-0.4, -0.2) is 43.3 Å². The monoisotopic (exact) mass is 591 g/mol. The number of hydrazone groups is 1. The number of rotatable bonds is 12. The minimum atomic E-state index is -0.821. The molecule has 2 atom stereocenters. The fourth-order valence-electron chi connectivity index (χ4n) is 4.51. The molecule has 0 saturated carbocycles. The molecule has 0 bridgehead atoms. The highest BCUT2D eigenvalue weighted by Gasteiger charge is 2.29. The molecule has 0 saturated heterocycles. The van der Waals surface area contributed by atoms with Crippen LogP contribution in [0.4, 0.5) is 5.00 Å². The van der Waals surface area contributed by atoms with E-state index in [0.717, 1.165) is 47.4 Å². The fourth-order valence-corrected chi connectivity index (χ4v) is 5.90. The number of fused-ring (bicyclic) bond motifs is 1. The number of hydrogen-bond acceptors (Lipinski definition) is 8. The standard InChI is InChI=1S/C32H37N3O6S/c1-5-17-40-24-12-8-22(9-13-24)19-33-35-29(36)21(4)41-25-14-10-23(11-15-25)30(37)34-31-28(32(38)39-6-2)26-16-7-20(3)18-27(26)42-31/h8-15,19-21H,5-7,16-18H2,1-4H3,(H,34,37)(H,35,36)/b33-19-/t20-,21-/m0/s1. The first-order valence-corrected chi connectivity index (χ1v) is 15.1. The van der Waals surface area contributed by atoms with Crippen molar-refractivity contribution in [2.75, 3.05) is 18.5 Å². The van der Waals surface area contributed by atoms with E-state index in [1.54, 1.807) is 44.3 Å². The quantitative estimate of drug-likeness (QED) is 0.151. The van der Waals surface area contributed by atoms with Gasteiger partial charge >= 0.3 is 5.97 Å². The van der Waals surface area contributed by atoms with Crippen molar-refractivity contribution >= 4 is 40.3 Å². The van der Waals surface area contributed by atoms with Crippen molar-refractivity contribution in [1.29, 1.82) is 0 Å². The average Bonchev–Trinajstić information content (AvgIpc) is 3.33. The molecule has 2 N–H and O–H groups in total. The van der Waals surface area contributed by atoms with Gasteiger partial charge in [-0.15, -0.1) is 11.3 Å². The molecule has 42 heavy (non-hydrogen) atoms. The molecule has 1 aromatic heterocycles. The van der Waals surface area contributed by atoms with Gasteiger partial charge in [-0.05, 0) is 105 Å². The van der Waals surface area contributed by atoms with Gasteiger partial charge in [0.15, 0.2) is 6.10 Å². The van der Waals surface area contributed by atoms with Crippen LogP contribution in [0.5, 0.6) is 11.5 Å².